The second-order valence-electron chi connectivity index (χ2n) is 4.19. The van der Waals surface area contributed by atoms with Gasteiger partial charge in [0.1, 0.15) is 0 Å². The zero-order valence-electron chi connectivity index (χ0n) is 7.62. The minimum absolute atomic E-state index is 0.256. The number of hydrogen-bond acceptors (Lipinski definition) is 3. The van der Waals surface area contributed by atoms with Crippen LogP contribution in [0.4, 0.5) is 0 Å². The highest BCUT2D eigenvalue weighted by Crippen LogP contribution is 2.29. The van der Waals surface area contributed by atoms with E-state index in [-0.39, 0.29) is 6.04 Å². The maximum atomic E-state index is 5.86. The maximum Gasteiger partial charge on any atom is 0.0621 e. The Bertz CT molecular complexity index is 163. The lowest BCUT2D eigenvalue weighted by atomic mass is 10.1. The summed E-state index contributed by atoms with van der Waals surface area (Å²) in [6.07, 6.45) is 1.34. The zero-order valence-corrected chi connectivity index (χ0v) is 7.62. The van der Waals surface area contributed by atoms with Crippen LogP contribution in [0.2, 0.25) is 0 Å². The van der Waals surface area contributed by atoms with Crippen LogP contribution < -0.4 is 11.1 Å². The van der Waals surface area contributed by atoms with E-state index in [2.05, 4.69) is 12.2 Å². The molecule has 12 heavy (non-hydrogen) atoms. The van der Waals surface area contributed by atoms with Crippen LogP contribution in [0, 0.1) is 11.8 Å². The van der Waals surface area contributed by atoms with Gasteiger partial charge in [0.05, 0.1) is 13.2 Å². The van der Waals surface area contributed by atoms with Crippen molar-refractivity contribution in [1.29, 1.82) is 0 Å². The molecule has 0 aromatic heterocycles. The maximum absolute atomic E-state index is 5.86. The summed E-state index contributed by atoms with van der Waals surface area (Å²) >= 11 is 0. The lowest BCUT2D eigenvalue weighted by molar-refractivity contribution is 0.183. The summed E-state index contributed by atoms with van der Waals surface area (Å²) in [5, 5.41) is 3.52. The molecule has 3 nitrogen and oxygen atoms in total. The van der Waals surface area contributed by atoms with Crippen LogP contribution in [-0.4, -0.2) is 31.8 Å². The normalized spacial score (nSPS) is 46.5. The topological polar surface area (TPSA) is 47.3 Å². The van der Waals surface area contributed by atoms with E-state index in [4.69, 9.17) is 10.5 Å². The van der Waals surface area contributed by atoms with Crippen molar-refractivity contribution in [1.82, 2.24) is 5.32 Å². The fourth-order valence-corrected chi connectivity index (χ4v) is 1.73. The van der Waals surface area contributed by atoms with Crippen LogP contribution >= 0.6 is 0 Å². The molecule has 0 aromatic carbocycles. The van der Waals surface area contributed by atoms with Gasteiger partial charge < -0.3 is 15.8 Å². The van der Waals surface area contributed by atoms with E-state index in [1.165, 1.54) is 6.42 Å². The molecule has 0 amide bonds. The molecule has 3 N–H and O–H groups in total. The quantitative estimate of drug-likeness (QED) is 0.624. The molecule has 0 radical (unpaired) electrons. The SMILES string of the molecule is CC1CC1NCC1COCC1N. The minimum atomic E-state index is 0.256. The predicted octanol–water partition coefficient (Wildman–Crippen LogP) is -0.0419. The number of nitrogens with one attached hydrogen (secondary N) is 1. The molecule has 2 aliphatic rings. The van der Waals surface area contributed by atoms with Crippen LogP contribution in [0.15, 0.2) is 0 Å². The van der Waals surface area contributed by atoms with Gasteiger partial charge in [0.15, 0.2) is 0 Å². The number of rotatable bonds is 3. The summed E-state index contributed by atoms with van der Waals surface area (Å²) < 4.78 is 5.28. The summed E-state index contributed by atoms with van der Waals surface area (Å²) in [5.74, 6) is 1.42. The monoisotopic (exact) mass is 170 g/mol. The van der Waals surface area contributed by atoms with Crippen LogP contribution in [0.1, 0.15) is 13.3 Å². The van der Waals surface area contributed by atoms with Crippen molar-refractivity contribution in [2.75, 3.05) is 19.8 Å². The highest BCUT2D eigenvalue weighted by molar-refractivity contribution is 4.91. The van der Waals surface area contributed by atoms with Crippen molar-refractivity contribution in [2.24, 2.45) is 17.6 Å². The van der Waals surface area contributed by atoms with Crippen molar-refractivity contribution in [3.8, 4) is 0 Å². The van der Waals surface area contributed by atoms with E-state index in [1.807, 2.05) is 0 Å². The summed E-state index contributed by atoms with van der Waals surface area (Å²) in [5.41, 5.74) is 5.86. The number of ether oxygens (including phenoxy) is 1. The Morgan fingerprint density at radius 1 is 1.50 bits per heavy atom. The highest BCUT2D eigenvalue weighted by atomic mass is 16.5. The molecule has 2 fully saturated rings. The summed E-state index contributed by atoms with van der Waals surface area (Å²) in [7, 11) is 0. The van der Waals surface area contributed by atoms with Crippen LogP contribution in [0.3, 0.4) is 0 Å². The van der Waals surface area contributed by atoms with Crippen molar-refractivity contribution in [2.45, 2.75) is 25.4 Å². The highest BCUT2D eigenvalue weighted by Gasteiger charge is 2.33. The van der Waals surface area contributed by atoms with E-state index in [1.54, 1.807) is 0 Å². The van der Waals surface area contributed by atoms with Gasteiger partial charge in [0.2, 0.25) is 0 Å². The predicted molar refractivity (Wildman–Crippen MR) is 47.9 cm³/mol. The Labute approximate surface area is 73.7 Å². The molecule has 1 aliphatic carbocycles. The van der Waals surface area contributed by atoms with Crippen molar-refractivity contribution >= 4 is 0 Å². The molecular formula is C9H18N2O. The standard InChI is InChI=1S/C9H18N2O/c1-6-2-9(6)11-3-7-4-12-5-8(7)10/h6-9,11H,2-5,10H2,1H3. The van der Waals surface area contributed by atoms with Gasteiger partial charge in [0.25, 0.3) is 0 Å². The van der Waals surface area contributed by atoms with Crippen molar-refractivity contribution < 1.29 is 4.74 Å². The zero-order chi connectivity index (χ0) is 8.55. The third kappa shape index (κ3) is 1.79. The third-order valence-electron chi connectivity index (χ3n) is 3.00. The first-order valence-corrected chi connectivity index (χ1v) is 4.84. The van der Waals surface area contributed by atoms with Crippen molar-refractivity contribution in [3.63, 3.8) is 0 Å². The van der Waals surface area contributed by atoms with E-state index in [0.29, 0.717) is 5.92 Å². The summed E-state index contributed by atoms with van der Waals surface area (Å²) in [6, 6.07) is 1.02. The molecule has 2 rings (SSSR count). The first-order valence-electron chi connectivity index (χ1n) is 4.84. The molecule has 4 atom stereocenters. The van der Waals surface area contributed by atoms with Gasteiger partial charge in [-0.05, 0) is 12.3 Å². The van der Waals surface area contributed by atoms with Crippen LogP contribution in [0.25, 0.3) is 0 Å². The van der Waals surface area contributed by atoms with E-state index < -0.39 is 0 Å². The van der Waals surface area contributed by atoms with Crippen molar-refractivity contribution in [3.05, 3.63) is 0 Å². The minimum Gasteiger partial charge on any atom is -0.379 e. The average Bonchev–Trinajstić information content (AvgIpc) is 2.57. The van der Waals surface area contributed by atoms with Gasteiger partial charge in [0, 0.05) is 24.5 Å². The van der Waals surface area contributed by atoms with Gasteiger partial charge >= 0.3 is 0 Å². The molecular weight excluding hydrogens is 152 g/mol. The molecule has 0 bridgehead atoms. The third-order valence-corrected chi connectivity index (χ3v) is 3.00. The fraction of sp³-hybridized carbons (Fsp3) is 1.00. The molecule has 0 aromatic rings. The Balaban J connectivity index is 1.65. The molecule has 1 aliphatic heterocycles. The smallest absolute Gasteiger partial charge is 0.0621 e. The molecule has 1 saturated heterocycles. The van der Waals surface area contributed by atoms with Gasteiger partial charge in [-0.25, -0.2) is 0 Å². The van der Waals surface area contributed by atoms with Gasteiger partial charge in [-0.1, -0.05) is 6.92 Å². The summed E-state index contributed by atoms with van der Waals surface area (Å²) in [6.45, 7) is 4.90. The lowest BCUT2D eigenvalue weighted by Crippen LogP contribution is -2.36. The molecule has 1 heterocycles. The Hall–Kier alpha value is -0.120. The van der Waals surface area contributed by atoms with Gasteiger partial charge in [-0.15, -0.1) is 0 Å². The van der Waals surface area contributed by atoms with Crippen LogP contribution in [0.5, 0.6) is 0 Å². The molecule has 1 saturated carbocycles. The second kappa shape index (κ2) is 3.32. The first kappa shape index (κ1) is 8.48. The fourth-order valence-electron chi connectivity index (χ4n) is 1.73. The van der Waals surface area contributed by atoms with E-state index >= 15 is 0 Å². The second-order valence-corrected chi connectivity index (χ2v) is 4.19. The van der Waals surface area contributed by atoms with Gasteiger partial charge in [-0.2, -0.15) is 0 Å². The molecule has 4 unspecified atom stereocenters. The van der Waals surface area contributed by atoms with Crippen LogP contribution in [-0.2, 0) is 4.74 Å². The lowest BCUT2D eigenvalue weighted by Gasteiger charge is -2.13. The van der Waals surface area contributed by atoms with Gasteiger partial charge in [-0.3, -0.25) is 0 Å². The molecule has 0 spiro atoms. The number of nitrogens with two attached hydrogens (primary N) is 1. The average molecular weight is 170 g/mol. The Morgan fingerprint density at radius 2 is 2.25 bits per heavy atom. The van der Waals surface area contributed by atoms with E-state index in [0.717, 1.165) is 31.7 Å². The first-order chi connectivity index (χ1) is 5.77. The summed E-state index contributed by atoms with van der Waals surface area (Å²) in [4.78, 5) is 0. The largest absolute Gasteiger partial charge is 0.379 e. The Morgan fingerprint density at radius 3 is 2.75 bits per heavy atom. The van der Waals surface area contributed by atoms with E-state index in [9.17, 15) is 0 Å². The molecule has 3 heteroatoms. The Kier molecular flexibility index (Phi) is 2.35. The molecule has 70 valence electrons. The number of hydrogen-bond donors (Lipinski definition) is 2.